The summed E-state index contributed by atoms with van der Waals surface area (Å²) in [7, 11) is 0.492. The van der Waals surface area contributed by atoms with Crippen molar-refractivity contribution in [3.63, 3.8) is 0 Å². The van der Waals surface area contributed by atoms with Crippen molar-refractivity contribution in [1.82, 2.24) is 0 Å². The highest BCUT2D eigenvalue weighted by Crippen LogP contribution is 2.41. The van der Waals surface area contributed by atoms with E-state index in [1.165, 1.54) is 10.4 Å². The largest absolute Gasteiger partial charge is 0.534 e. The number of aliphatic hydroxyl groups is 1. The minimum Gasteiger partial charge on any atom is -0.534 e. The Kier molecular flexibility index (Phi) is 7.32. The van der Waals surface area contributed by atoms with E-state index in [0.29, 0.717) is 23.7 Å². The van der Waals surface area contributed by atoms with Gasteiger partial charge in [-0.15, -0.1) is 0 Å². The average molecular weight is 451 g/mol. The molecule has 0 aliphatic rings. The molecule has 32 heavy (non-hydrogen) atoms. The molecular weight excluding hydrogens is 416 g/mol. The highest BCUT2D eigenvalue weighted by molar-refractivity contribution is 7.00. The van der Waals surface area contributed by atoms with Crippen LogP contribution in [-0.2, 0) is 6.42 Å². The molecule has 0 aliphatic carbocycles. The minimum atomic E-state index is -2.77. The Morgan fingerprint density at radius 3 is 1.59 bits per heavy atom. The molecular formula is C27H34O4Si. The summed E-state index contributed by atoms with van der Waals surface area (Å²) >= 11 is 0. The highest BCUT2D eigenvalue weighted by Gasteiger charge is 2.52. The number of benzene rings is 3. The van der Waals surface area contributed by atoms with Gasteiger partial charge in [0.25, 0.3) is 0 Å². The average Bonchev–Trinajstić information content (AvgIpc) is 2.78. The molecule has 0 heterocycles. The molecule has 170 valence electrons. The number of hydrogen-bond donors (Lipinski definition) is 1. The molecule has 0 aromatic heterocycles. The summed E-state index contributed by atoms with van der Waals surface area (Å²) in [5.74, 6) is 2.00. The van der Waals surface area contributed by atoms with E-state index in [0.717, 1.165) is 5.56 Å². The monoisotopic (exact) mass is 450 g/mol. The molecule has 4 nitrogen and oxygen atoms in total. The molecule has 1 N–H and O–H groups in total. The first-order valence-electron chi connectivity index (χ1n) is 11.0. The van der Waals surface area contributed by atoms with Crippen LogP contribution >= 0.6 is 0 Å². The quantitative estimate of drug-likeness (QED) is 0.511. The van der Waals surface area contributed by atoms with Crippen molar-refractivity contribution in [2.45, 2.75) is 45.3 Å². The molecule has 1 atom stereocenters. The second-order valence-electron chi connectivity index (χ2n) is 9.12. The van der Waals surface area contributed by atoms with Gasteiger partial charge in [-0.3, -0.25) is 0 Å². The van der Waals surface area contributed by atoms with E-state index >= 15 is 0 Å². The molecule has 0 aliphatic heterocycles. The van der Waals surface area contributed by atoms with E-state index in [1.807, 2.05) is 24.3 Å². The SMILES string of the molecule is COc1cc(O[Si](c2ccccc2)(c2ccccc2)C(C)(C)C)cc(OC)c1CC(C)O. The normalized spacial score (nSPS) is 12.8. The van der Waals surface area contributed by atoms with Gasteiger partial charge in [0.05, 0.1) is 20.3 Å². The van der Waals surface area contributed by atoms with E-state index in [9.17, 15) is 5.11 Å². The predicted molar refractivity (Wildman–Crippen MR) is 133 cm³/mol. The summed E-state index contributed by atoms with van der Waals surface area (Å²) in [5.41, 5.74) is 0.833. The fraction of sp³-hybridized carbons (Fsp3) is 0.333. The fourth-order valence-corrected chi connectivity index (χ4v) is 8.74. The lowest BCUT2D eigenvalue weighted by atomic mass is 10.1. The second kappa shape index (κ2) is 9.80. The summed E-state index contributed by atoms with van der Waals surface area (Å²) in [6.07, 6.45) is -0.0764. The Morgan fingerprint density at radius 2 is 1.25 bits per heavy atom. The van der Waals surface area contributed by atoms with Gasteiger partial charge in [0.1, 0.15) is 17.2 Å². The highest BCUT2D eigenvalue weighted by atomic mass is 28.4. The first kappa shape index (κ1) is 23.9. The van der Waals surface area contributed by atoms with E-state index in [2.05, 4.69) is 69.3 Å². The van der Waals surface area contributed by atoms with Crippen LogP contribution in [0.5, 0.6) is 17.2 Å². The zero-order valence-corrected chi connectivity index (χ0v) is 20.9. The maximum Gasteiger partial charge on any atom is 0.319 e. The molecule has 3 aromatic rings. The number of rotatable bonds is 8. The smallest absolute Gasteiger partial charge is 0.319 e. The zero-order valence-electron chi connectivity index (χ0n) is 19.9. The lowest BCUT2D eigenvalue weighted by molar-refractivity contribution is 0.192. The minimum absolute atomic E-state index is 0.158. The Hall–Kier alpha value is -2.76. The van der Waals surface area contributed by atoms with E-state index < -0.39 is 14.4 Å². The van der Waals surface area contributed by atoms with Gasteiger partial charge < -0.3 is 19.0 Å². The van der Waals surface area contributed by atoms with Gasteiger partial charge in [0, 0.05) is 24.1 Å². The van der Waals surface area contributed by atoms with Crippen molar-refractivity contribution >= 4 is 18.7 Å². The van der Waals surface area contributed by atoms with Crippen molar-refractivity contribution in [3.05, 3.63) is 78.4 Å². The number of hydrogen-bond acceptors (Lipinski definition) is 4. The molecule has 0 fully saturated rings. The summed E-state index contributed by atoms with van der Waals surface area (Å²) in [6, 6.07) is 24.9. The Bertz CT molecular complexity index is 946. The van der Waals surface area contributed by atoms with E-state index in [-0.39, 0.29) is 5.04 Å². The van der Waals surface area contributed by atoms with Crippen molar-refractivity contribution in [3.8, 4) is 17.2 Å². The van der Waals surface area contributed by atoms with Crippen molar-refractivity contribution < 1.29 is 19.0 Å². The third kappa shape index (κ3) is 4.69. The first-order chi connectivity index (χ1) is 15.2. The summed E-state index contributed by atoms with van der Waals surface area (Å²) in [6.45, 7) is 8.49. The summed E-state index contributed by atoms with van der Waals surface area (Å²) in [4.78, 5) is 0. The van der Waals surface area contributed by atoms with Crippen molar-refractivity contribution in [2.75, 3.05) is 14.2 Å². The number of ether oxygens (including phenoxy) is 2. The molecule has 1 unspecified atom stereocenters. The van der Waals surface area contributed by atoms with Crippen LogP contribution < -0.4 is 24.3 Å². The van der Waals surface area contributed by atoms with Gasteiger partial charge in [-0.05, 0) is 22.3 Å². The van der Waals surface area contributed by atoms with Crippen LogP contribution in [0.3, 0.4) is 0 Å². The van der Waals surface area contributed by atoms with Crippen LogP contribution in [0.25, 0.3) is 0 Å². The zero-order chi connectivity index (χ0) is 23.4. The van der Waals surface area contributed by atoms with E-state index in [4.69, 9.17) is 13.9 Å². The van der Waals surface area contributed by atoms with Crippen LogP contribution in [0.2, 0.25) is 5.04 Å². The molecule has 5 heteroatoms. The molecule has 0 amide bonds. The molecule has 3 rings (SSSR count). The Balaban J connectivity index is 2.24. The Labute approximate surface area is 192 Å². The maximum atomic E-state index is 9.97. The second-order valence-corrected chi connectivity index (χ2v) is 13.3. The van der Waals surface area contributed by atoms with Gasteiger partial charge in [0.2, 0.25) is 0 Å². The van der Waals surface area contributed by atoms with Crippen molar-refractivity contribution in [1.29, 1.82) is 0 Å². The van der Waals surface area contributed by atoms with Gasteiger partial charge >= 0.3 is 8.32 Å². The van der Waals surface area contributed by atoms with Crippen LogP contribution in [-0.4, -0.2) is 33.7 Å². The van der Waals surface area contributed by atoms with E-state index in [1.54, 1.807) is 21.1 Å². The number of aliphatic hydroxyl groups excluding tert-OH is 1. The van der Waals surface area contributed by atoms with Crippen LogP contribution in [0.4, 0.5) is 0 Å². The van der Waals surface area contributed by atoms with Crippen LogP contribution in [0.1, 0.15) is 33.3 Å². The lowest BCUT2D eigenvalue weighted by Crippen LogP contribution is -2.68. The molecule has 0 saturated heterocycles. The fourth-order valence-electron chi connectivity index (χ4n) is 4.34. The maximum absolute atomic E-state index is 9.97. The van der Waals surface area contributed by atoms with Crippen LogP contribution in [0, 0.1) is 0 Å². The summed E-state index contributed by atoms with van der Waals surface area (Å²) in [5, 5.41) is 12.2. The Morgan fingerprint density at radius 1 is 0.812 bits per heavy atom. The molecule has 0 spiro atoms. The topological polar surface area (TPSA) is 47.9 Å². The standard InChI is InChI=1S/C27H34O4Si/c1-20(28)17-24-25(29-5)18-21(19-26(24)30-6)31-32(27(2,3)4,22-13-9-7-10-14-22)23-15-11-8-12-16-23/h7-16,18-20,28H,17H2,1-6H3. The first-order valence-corrected chi connectivity index (χ1v) is 12.9. The van der Waals surface area contributed by atoms with Gasteiger partial charge in [0.15, 0.2) is 0 Å². The summed E-state index contributed by atoms with van der Waals surface area (Å²) < 4.78 is 18.5. The third-order valence-electron chi connectivity index (χ3n) is 5.77. The predicted octanol–water partition coefficient (Wildman–Crippen LogP) is 4.57. The molecule has 0 saturated carbocycles. The molecule has 0 radical (unpaired) electrons. The number of methoxy groups -OCH3 is 2. The molecule has 3 aromatic carbocycles. The van der Waals surface area contributed by atoms with Gasteiger partial charge in [-0.2, -0.15) is 0 Å². The van der Waals surface area contributed by atoms with Crippen LogP contribution in [0.15, 0.2) is 72.8 Å². The van der Waals surface area contributed by atoms with Gasteiger partial charge in [-0.25, -0.2) is 0 Å². The molecule has 0 bridgehead atoms. The third-order valence-corrected chi connectivity index (χ3v) is 10.7. The van der Waals surface area contributed by atoms with Gasteiger partial charge in [-0.1, -0.05) is 81.4 Å². The lowest BCUT2D eigenvalue weighted by Gasteiger charge is -2.43. The van der Waals surface area contributed by atoms with Crippen molar-refractivity contribution in [2.24, 2.45) is 0 Å².